The van der Waals surface area contributed by atoms with Crippen LogP contribution in [-0.4, -0.2) is 30.1 Å². The van der Waals surface area contributed by atoms with E-state index >= 15 is 0 Å². The largest absolute Gasteiger partial charge is 0.506 e. The van der Waals surface area contributed by atoms with Gasteiger partial charge in [-0.2, -0.15) is 13.2 Å². The number of hydrogen-bond acceptors (Lipinski definition) is 4. The second kappa shape index (κ2) is 8.91. The van der Waals surface area contributed by atoms with Gasteiger partial charge in [-0.25, -0.2) is 4.39 Å². The van der Waals surface area contributed by atoms with Crippen LogP contribution in [0.2, 0.25) is 0 Å². The quantitative estimate of drug-likeness (QED) is 0.374. The Morgan fingerprint density at radius 2 is 1.80 bits per heavy atom. The fraction of sp³-hybridized carbons (Fsp3) is 0.250. The Kier molecular flexibility index (Phi) is 7.16. The standard InChI is InChI=1S/C20H22F4N2O2P2/c1-10-4-5-11(8-13(10)19(21,22)23)17-15(28-3)7-6-12(18(17)27)14(26-2)9-16(25)20(24,29)30/h4-9,27H,25,29-30H2,1-3H3. The van der Waals surface area contributed by atoms with Gasteiger partial charge in [0.25, 0.3) is 0 Å². The summed E-state index contributed by atoms with van der Waals surface area (Å²) < 4.78 is 59.4. The number of aromatic hydroxyl groups is 1. The Balaban J connectivity index is 2.75. The molecule has 30 heavy (non-hydrogen) atoms. The molecular weight excluding hydrogens is 438 g/mol. The van der Waals surface area contributed by atoms with Crippen molar-refractivity contribution in [2.24, 2.45) is 10.7 Å². The van der Waals surface area contributed by atoms with Crippen molar-refractivity contribution < 1.29 is 27.4 Å². The molecule has 0 aromatic heterocycles. The molecule has 3 N–H and O–H groups in total. The predicted octanol–water partition coefficient (Wildman–Crippen LogP) is 5.03. The van der Waals surface area contributed by atoms with E-state index in [9.17, 15) is 22.7 Å². The summed E-state index contributed by atoms with van der Waals surface area (Å²) in [5, 5.41) is 8.93. The minimum Gasteiger partial charge on any atom is -0.506 e. The average molecular weight is 460 g/mol. The van der Waals surface area contributed by atoms with Gasteiger partial charge in [0.05, 0.1) is 29.6 Å². The number of aliphatic imine (C=N–C) groups is 1. The minimum absolute atomic E-state index is 0.0487. The van der Waals surface area contributed by atoms with Crippen molar-refractivity contribution in [1.29, 1.82) is 0 Å². The Morgan fingerprint density at radius 3 is 2.30 bits per heavy atom. The first-order chi connectivity index (χ1) is 13.8. The van der Waals surface area contributed by atoms with Crippen LogP contribution < -0.4 is 10.5 Å². The zero-order valence-corrected chi connectivity index (χ0v) is 18.8. The number of nitrogens with zero attached hydrogens (tertiary/aromatic N) is 1. The highest BCUT2D eigenvalue weighted by Crippen LogP contribution is 2.43. The molecule has 2 unspecified atom stereocenters. The number of hydrogen-bond donors (Lipinski definition) is 2. The summed E-state index contributed by atoms with van der Waals surface area (Å²) in [5.41, 5.74) is 5.23. The molecular formula is C20H22F4N2O2P2. The molecule has 162 valence electrons. The van der Waals surface area contributed by atoms with Crippen LogP contribution in [0.5, 0.6) is 11.5 Å². The fourth-order valence-electron chi connectivity index (χ4n) is 2.83. The van der Waals surface area contributed by atoms with Crippen LogP contribution >= 0.6 is 18.5 Å². The number of phenolic OH excluding ortho intramolecular Hbond substituents is 1. The number of alkyl halides is 4. The molecule has 0 fully saturated rings. The molecule has 0 saturated carbocycles. The van der Waals surface area contributed by atoms with Gasteiger partial charge in [0, 0.05) is 12.6 Å². The van der Waals surface area contributed by atoms with E-state index in [2.05, 4.69) is 4.99 Å². The van der Waals surface area contributed by atoms with Crippen LogP contribution in [0, 0.1) is 6.92 Å². The Morgan fingerprint density at radius 1 is 1.17 bits per heavy atom. The predicted molar refractivity (Wildman–Crippen MR) is 118 cm³/mol. The number of rotatable bonds is 5. The van der Waals surface area contributed by atoms with Gasteiger partial charge in [-0.15, -0.1) is 0 Å². The van der Waals surface area contributed by atoms with Crippen molar-refractivity contribution in [2.75, 3.05) is 14.2 Å². The molecule has 0 aliphatic rings. The van der Waals surface area contributed by atoms with Crippen molar-refractivity contribution >= 4 is 24.2 Å². The first kappa shape index (κ1) is 24.1. The highest BCUT2D eigenvalue weighted by Gasteiger charge is 2.33. The molecule has 0 spiro atoms. The lowest BCUT2D eigenvalue weighted by molar-refractivity contribution is -0.138. The van der Waals surface area contributed by atoms with Crippen LogP contribution in [0.3, 0.4) is 0 Å². The van der Waals surface area contributed by atoms with E-state index in [0.29, 0.717) is 0 Å². The number of nitrogens with two attached hydrogens (primary N) is 1. The molecule has 2 rings (SSSR count). The van der Waals surface area contributed by atoms with Crippen LogP contribution in [0.25, 0.3) is 11.1 Å². The maximum absolute atomic E-state index is 14.0. The minimum atomic E-state index is -4.56. The number of phenols is 1. The van der Waals surface area contributed by atoms with Crippen LogP contribution in [0.1, 0.15) is 16.7 Å². The molecule has 0 saturated heterocycles. The fourth-order valence-corrected chi connectivity index (χ4v) is 3.00. The zero-order valence-electron chi connectivity index (χ0n) is 16.5. The Hall–Kier alpha value is -2.17. The lowest BCUT2D eigenvalue weighted by atomic mass is 9.94. The lowest BCUT2D eigenvalue weighted by Gasteiger charge is -2.18. The molecule has 4 nitrogen and oxygen atoms in total. The normalized spacial score (nSPS) is 13.5. The highest BCUT2D eigenvalue weighted by atomic mass is 31.1. The first-order valence-corrected chi connectivity index (χ1v) is 9.76. The van der Waals surface area contributed by atoms with Gasteiger partial charge < -0.3 is 15.6 Å². The molecule has 2 aromatic rings. The second-order valence-corrected chi connectivity index (χ2v) is 8.89. The number of aryl methyl sites for hydroxylation is 1. The van der Waals surface area contributed by atoms with Crippen molar-refractivity contribution in [3.05, 3.63) is 58.8 Å². The van der Waals surface area contributed by atoms with E-state index in [1.54, 1.807) is 0 Å². The Labute approximate surface area is 176 Å². The third kappa shape index (κ3) is 5.11. The summed E-state index contributed by atoms with van der Waals surface area (Å²) >= 11 is 0. The van der Waals surface area contributed by atoms with E-state index < -0.39 is 16.9 Å². The van der Waals surface area contributed by atoms with Gasteiger partial charge >= 0.3 is 6.18 Å². The summed E-state index contributed by atoms with van der Waals surface area (Å²) in [5.74, 6) is -0.203. The van der Waals surface area contributed by atoms with Crippen molar-refractivity contribution in [2.45, 2.75) is 18.3 Å². The van der Waals surface area contributed by atoms with Gasteiger partial charge in [0.15, 0.2) is 5.15 Å². The van der Waals surface area contributed by atoms with E-state index in [0.717, 1.165) is 6.07 Å². The van der Waals surface area contributed by atoms with E-state index in [4.69, 9.17) is 10.5 Å². The maximum atomic E-state index is 14.0. The van der Waals surface area contributed by atoms with Gasteiger partial charge in [-0.3, -0.25) is 4.99 Å². The summed E-state index contributed by atoms with van der Waals surface area (Å²) in [6.45, 7) is 1.35. The molecule has 2 aromatic carbocycles. The maximum Gasteiger partial charge on any atom is 0.416 e. The topological polar surface area (TPSA) is 67.8 Å². The number of methoxy groups -OCH3 is 1. The number of allylic oxidation sites excluding steroid dienone is 2. The molecule has 0 radical (unpaired) electrons. The summed E-state index contributed by atoms with van der Waals surface area (Å²) in [6, 6.07) is 6.67. The monoisotopic (exact) mass is 460 g/mol. The highest BCUT2D eigenvalue weighted by molar-refractivity contribution is 7.40. The van der Waals surface area contributed by atoms with Gasteiger partial charge in [-0.1, -0.05) is 30.6 Å². The van der Waals surface area contributed by atoms with Crippen molar-refractivity contribution in [3.63, 3.8) is 0 Å². The SMILES string of the molecule is CN=C(C=C(N)C(F)(P)P)c1ccc(OC)c(-c2ccc(C)c(C(F)(F)F)c2)c1O. The van der Waals surface area contributed by atoms with Crippen LogP contribution in [-0.2, 0) is 6.18 Å². The third-order valence-corrected chi connectivity index (χ3v) is 5.11. The molecule has 0 aliphatic carbocycles. The van der Waals surface area contributed by atoms with Crippen LogP contribution in [0.15, 0.2) is 47.1 Å². The zero-order chi connectivity index (χ0) is 22.9. The van der Waals surface area contributed by atoms with Gasteiger partial charge in [-0.05, 0) is 42.3 Å². The molecule has 0 bridgehead atoms. The second-order valence-electron chi connectivity index (χ2n) is 6.54. The van der Waals surface area contributed by atoms with Crippen molar-refractivity contribution in [3.8, 4) is 22.6 Å². The third-order valence-electron chi connectivity index (χ3n) is 4.44. The Bertz CT molecular complexity index is 1010. The average Bonchev–Trinajstić information content (AvgIpc) is 2.64. The lowest BCUT2D eigenvalue weighted by Crippen LogP contribution is -2.17. The van der Waals surface area contributed by atoms with E-state index in [-0.39, 0.29) is 45.2 Å². The molecule has 2 atom stereocenters. The number of benzene rings is 2. The number of halogens is 4. The molecule has 0 amide bonds. The smallest absolute Gasteiger partial charge is 0.416 e. The van der Waals surface area contributed by atoms with Gasteiger partial charge in [0.2, 0.25) is 0 Å². The van der Waals surface area contributed by atoms with Gasteiger partial charge in [0.1, 0.15) is 11.5 Å². The number of ether oxygens (including phenoxy) is 1. The molecule has 0 aliphatic heterocycles. The summed E-state index contributed by atoms with van der Waals surface area (Å²) in [4.78, 5) is 4.03. The van der Waals surface area contributed by atoms with Crippen molar-refractivity contribution in [1.82, 2.24) is 0 Å². The van der Waals surface area contributed by atoms with E-state index in [1.165, 1.54) is 51.4 Å². The molecule has 0 heterocycles. The summed E-state index contributed by atoms with van der Waals surface area (Å²) in [6.07, 6.45) is -3.32. The van der Waals surface area contributed by atoms with E-state index in [1.807, 2.05) is 18.5 Å². The molecule has 10 heteroatoms. The summed E-state index contributed by atoms with van der Waals surface area (Å²) in [7, 11) is 6.58. The first-order valence-electron chi connectivity index (χ1n) is 8.60. The van der Waals surface area contributed by atoms with Crippen LogP contribution in [0.4, 0.5) is 17.6 Å².